The van der Waals surface area contributed by atoms with Gasteiger partial charge in [-0.1, -0.05) is 13.8 Å². The summed E-state index contributed by atoms with van der Waals surface area (Å²) in [5.74, 6) is 0.655. The molecule has 1 aliphatic carbocycles. The molecule has 0 aliphatic heterocycles. The first-order valence-corrected chi connectivity index (χ1v) is 6.48. The molecule has 5 nitrogen and oxygen atoms in total. The molecule has 3 atom stereocenters. The summed E-state index contributed by atoms with van der Waals surface area (Å²) in [7, 11) is 0. The molecule has 1 aliphatic rings. The minimum Gasteiger partial charge on any atom is -0.489 e. The number of rotatable bonds is 4. The SMILES string of the molecule is CCC1(C)C(O)CC1Oc1ccc([N+](=O)[O-])cc1C. The maximum atomic E-state index is 10.7. The highest BCUT2D eigenvalue weighted by molar-refractivity contribution is 5.43. The number of ether oxygens (including phenoxy) is 1. The summed E-state index contributed by atoms with van der Waals surface area (Å²) in [6.45, 7) is 5.83. The van der Waals surface area contributed by atoms with Crippen LogP contribution in [0.4, 0.5) is 5.69 Å². The van der Waals surface area contributed by atoms with Crippen molar-refractivity contribution < 1.29 is 14.8 Å². The molecule has 19 heavy (non-hydrogen) atoms. The summed E-state index contributed by atoms with van der Waals surface area (Å²) < 4.78 is 5.91. The van der Waals surface area contributed by atoms with E-state index in [9.17, 15) is 15.2 Å². The Morgan fingerprint density at radius 3 is 2.74 bits per heavy atom. The Kier molecular flexibility index (Phi) is 3.49. The molecule has 0 radical (unpaired) electrons. The number of aryl methyl sites for hydroxylation is 1. The molecular weight excluding hydrogens is 246 g/mol. The summed E-state index contributed by atoms with van der Waals surface area (Å²) in [6.07, 6.45) is 1.08. The van der Waals surface area contributed by atoms with Crippen LogP contribution < -0.4 is 4.74 Å². The van der Waals surface area contributed by atoms with Gasteiger partial charge in [0.1, 0.15) is 11.9 Å². The van der Waals surface area contributed by atoms with E-state index in [1.165, 1.54) is 12.1 Å². The third-order valence-electron chi connectivity index (χ3n) is 4.33. The lowest BCUT2D eigenvalue weighted by atomic mass is 9.63. The van der Waals surface area contributed by atoms with Crippen LogP contribution in [-0.2, 0) is 0 Å². The minimum absolute atomic E-state index is 0.0346. The van der Waals surface area contributed by atoms with Crippen LogP contribution in [0.1, 0.15) is 32.3 Å². The van der Waals surface area contributed by atoms with E-state index in [0.29, 0.717) is 12.2 Å². The van der Waals surface area contributed by atoms with Crippen LogP contribution in [0.15, 0.2) is 18.2 Å². The molecule has 1 saturated carbocycles. The molecule has 104 valence electrons. The molecule has 0 spiro atoms. The standard InChI is InChI=1S/C14H19NO4/c1-4-14(3)12(16)8-13(14)19-11-6-5-10(15(17)18)7-9(11)2/h5-7,12-13,16H,4,8H2,1-3H3. The number of hydrogen-bond donors (Lipinski definition) is 1. The van der Waals surface area contributed by atoms with Crippen molar-refractivity contribution in [2.45, 2.75) is 45.8 Å². The van der Waals surface area contributed by atoms with Crippen molar-refractivity contribution >= 4 is 5.69 Å². The zero-order valence-electron chi connectivity index (χ0n) is 11.4. The largest absolute Gasteiger partial charge is 0.489 e. The molecule has 2 rings (SSSR count). The van der Waals surface area contributed by atoms with Crippen LogP contribution in [0.5, 0.6) is 5.75 Å². The van der Waals surface area contributed by atoms with E-state index in [1.807, 2.05) is 13.8 Å². The number of nitro benzene ring substituents is 1. The van der Waals surface area contributed by atoms with Gasteiger partial charge in [-0.15, -0.1) is 0 Å². The Labute approximate surface area is 112 Å². The zero-order chi connectivity index (χ0) is 14.2. The highest BCUT2D eigenvalue weighted by Crippen LogP contribution is 2.46. The number of benzene rings is 1. The van der Waals surface area contributed by atoms with E-state index in [0.717, 1.165) is 12.0 Å². The smallest absolute Gasteiger partial charge is 0.269 e. The van der Waals surface area contributed by atoms with E-state index < -0.39 is 4.92 Å². The summed E-state index contributed by atoms with van der Waals surface area (Å²) >= 11 is 0. The normalized spacial score (nSPS) is 29.7. The lowest BCUT2D eigenvalue weighted by Crippen LogP contribution is -2.57. The van der Waals surface area contributed by atoms with Crippen LogP contribution in [0.2, 0.25) is 0 Å². The van der Waals surface area contributed by atoms with Crippen molar-refractivity contribution in [1.29, 1.82) is 0 Å². The Balaban J connectivity index is 2.15. The van der Waals surface area contributed by atoms with Gasteiger partial charge in [0.2, 0.25) is 0 Å². The van der Waals surface area contributed by atoms with E-state index in [1.54, 1.807) is 13.0 Å². The highest BCUT2D eigenvalue weighted by Gasteiger charge is 2.51. The fraction of sp³-hybridized carbons (Fsp3) is 0.571. The lowest BCUT2D eigenvalue weighted by Gasteiger charge is -2.50. The van der Waals surface area contributed by atoms with Gasteiger partial charge in [0.05, 0.1) is 11.0 Å². The van der Waals surface area contributed by atoms with Gasteiger partial charge in [-0.2, -0.15) is 0 Å². The van der Waals surface area contributed by atoms with Crippen LogP contribution in [0.3, 0.4) is 0 Å². The van der Waals surface area contributed by atoms with Crippen LogP contribution >= 0.6 is 0 Å². The monoisotopic (exact) mass is 265 g/mol. The second-order valence-corrected chi connectivity index (χ2v) is 5.42. The summed E-state index contributed by atoms with van der Waals surface area (Å²) in [5.41, 5.74) is 0.583. The van der Waals surface area contributed by atoms with Crippen molar-refractivity contribution in [2.24, 2.45) is 5.41 Å². The third kappa shape index (κ3) is 2.30. The Bertz CT molecular complexity index is 502. The van der Waals surface area contributed by atoms with Crippen LogP contribution in [0, 0.1) is 22.5 Å². The quantitative estimate of drug-likeness (QED) is 0.671. The average Bonchev–Trinajstić information content (AvgIpc) is 2.38. The third-order valence-corrected chi connectivity index (χ3v) is 4.33. The predicted octanol–water partition coefficient (Wildman–Crippen LogP) is 2.83. The molecule has 1 aromatic carbocycles. The minimum atomic E-state index is -0.417. The average molecular weight is 265 g/mol. The Morgan fingerprint density at radius 1 is 1.58 bits per heavy atom. The van der Waals surface area contributed by atoms with Gasteiger partial charge in [0.25, 0.3) is 5.69 Å². The number of aliphatic hydroxyl groups is 1. The second-order valence-electron chi connectivity index (χ2n) is 5.42. The topological polar surface area (TPSA) is 72.6 Å². The first-order valence-electron chi connectivity index (χ1n) is 6.48. The van der Waals surface area contributed by atoms with Gasteiger partial charge < -0.3 is 9.84 Å². The van der Waals surface area contributed by atoms with Gasteiger partial charge in [0, 0.05) is 24.0 Å². The number of nitro groups is 1. The van der Waals surface area contributed by atoms with E-state index >= 15 is 0 Å². The first-order chi connectivity index (χ1) is 8.88. The van der Waals surface area contributed by atoms with Gasteiger partial charge >= 0.3 is 0 Å². The number of nitrogens with zero attached hydrogens (tertiary/aromatic N) is 1. The fourth-order valence-corrected chi connectivity index (χ4v) is 2.47. The molecular formula is C14H19NO4. The Hall–Kier alpha value is -1.62. The second kappa shape index (κ2) is 4.81. The van der Waals surface area contributed by atoms with Gasteiger partial charge in [-0.05, 0) is 25.0 Å². The van der Waals surface area contributed by atoms with Gasteiger partial charge in [-0.25, -0.2) is 0 Å². The highest BCUT2D eigenvalue weighted by atomic mass is 16.6. The van der Waals surface area contributed by atoms with Crippen LogP contribution in [-0.4, -0.2) is 22.2 Å². The summed E-state index contributed by atoms with van der Waals surface area (Å²) in [4.78, 5) is 10.3. The summed E-state index contributed by atoms with van der Waals surface area (Å²) in [5, 5.41) is 20.5. The number of non-ortho nitro benzene ring substituents is 1. The molecule has 0 saturated heterocycles. The lowest BCUT2D eigenvalue weighted by molar-refractivity contribution is -0.384. The number of aliphatic hydroxyl groups excluding tert-OH is 1. The van der Waals surface area contributed by atoms with E-state index in [-0.39, 0.29) is 23.3 Å². The molecule has 0 aromatic heterocycles. The predicted molar refractivity (Wildman–Crippen MR) is 71.3 cm³/mol. The Morgan fingerprint density at radius 2 is 2.26 bits per heavy atom. The molecule has 0 heterocycles. The molecule has 5 heteroatoms. The van der Waals surface area contributed by atoms with Crippen molar-refractivity contribution in [3.05, 3.63) is 33.9 Å². The maximum Gasteiger partial charge on any atom is 0.269 e. The molecule has 3 unspecified atom stereocenters. The zero-order valence-corrected chi connectivity index (χ0v) is 11.4. The molecule has 1 fully saturated rings. The van der Waals surface area contributed by atoms with Crippen molar-refractivity contribution in [1.82, 2.24) is 0 Å². The maximum absolute atomic E-state index is 10.7. The van der Waals surface area contributed by atoms with Gasteiger partial charge in [0.15, 0.2) is 0 Å². The molecule has 1 aromatic rings. The van der Waals surface area contributed by atoms with Crippen molar-refractivity contribution in [2.75, 3.05) is 0 Å². The van der Waals surface area contributed by atoms with Crippen molar-refractivity contribution in [3.8, 4) is 5.75 Å². The van der Waals surface area contributed by atoms with E-state index in [2.05, 4.69) is 0 Å². The van der Waals surface area contributed by atoms with E-state index in [4.69, 9.17) is 4.74 Å². The fourth-order valence-electron chi connectivity index (χ4n) is 2.47. The van der Waals surface area contributed by atoms with Crippen molar-refractivity contribution in [3.63, 3.8) is 0 Å². The first kappa shape index (κ1) is 13.8. The molecule has 1 N–H and O–H groups in total. The van der Waals surface area contributed by atoms with Crippen LogP contribution in [0.25, 0.3) is 0 Å². The summed E-state index contributed by atoms with van der Waals surface area (Å²) in [6, 6.07) is 4.59. The number of hydrogen-bond acceptors (Lipinski definition) is 4. The van der Waals surface area contributed by atoms with Gasteiger partial charge in [-0.3, -0.25) is 10.1 Å². The molecule has 0 bridgehead atoms. The molecule has 0 amide bonds.